The van der Waals surface area contributed by atoms with Crippen LogP contribution in [0.2, 0.25) is 0 Å². The van der Waals surface area contributed by atoms with E-state index in [4.69, 9.17) is 9.84 Å². The van der Waals surface area contributed by atoms with Gasteiger partial charge in [0.05, 0.1) is 6.10 Å². The normalized spacial score (nSPS) is 28.9. The molecule has 0 radical (unpaired) electrons. The van der Waals surface area contributed by atoms with Crippen LogP contribution in [0.1, 0.15) is 26.7 Å². The minimum absolute atomic E-state index is 0.0316. The molecule has 1 aliphatic heterocycles. The van der Waals surface area contributed by atoms with Crippen LogP contribution < -0.4 is 0 Å². The summed E-state index contributed by atoms with van der Waals surface area (Å²) in [5.74, 6) is -0.0316. The third kappa shape index (κ3) is 2.45. The third-order valence-corrected chi connectivity index (χ3v) is 2.56. The van der Waals surface area contributed by atoms with Crippen molar-refractivity contribution in [1.29, 1.82) is 0 Å². The largest absolute Gasteiger partial charge is 0.392 e. The lowest BCUT2D eigenvalue weighted by Gasteiger charge is -2.28. The number of aliphatic hydroxyl groups excluding tert-OH is 1. The lowest BCUT2D eigenvalue weighted by molar-refractivity contribution is -0.150. The lowest BCUT2D eigenvalue weighted by Crippen LogP contribution is -2.46. The Labute approximate surface area is 84.8 Å². The molecule has 1 N–H and O–H groups in total. The second-order valence-electron chi connectivity index (χ2n) is 4.22. The van der Waals surface area contributed by atoms with E-state index in [0.29, 0.717) is 13.2 Å². The summed E-state index contributed by atoms with van der Waals surface area (Å²) in [7, 11) is 1.70. The second kappa shape index (κ2) is 4.28. The summed E-state index contributed by atoms with van der Waals surface area (Å²) in [6.07, 6.45) is 1.22. The van der Waals surface area contributed by atoms with Gasteiger partial charge in [0.25, 0.3) is 5.91 Å². The van der Waals surface area contributed by atoms with Crippen LogP contribution in [0.15, 0.2) is 0 Å². The summed E-state index contributed by atoms with van der Waals surface area (Å²) in [5.41, 5.74) is -0.663. The summed E-state index contributed by atoms with van der Waals surface area (Å²) < 4.78 is 5.43. The molecule has 1 saturated heterocycles. The van der Waals surface area contributed by atoms with E-state index in [1.54, 1.807) is 14.0 Å². The quantitative estimate of drug-likeness (QED) is 0.719. The number of aliphatic hydroxyl groups is 1. The van der Waals surface area contributed by atoms with Crippen molar-refractivity contribution < 1.29 is 14.6 Å². The Morgan fingerprint density at radius 1 is 1.71 bits per heavy atom. The van der Waals surface area contributed by atoms with E-state index in [2.05, 4.69) is 0 Å². The van der Waals surface area contributed by atoms with Crippen molar-refractivity contribution in [2.45, 2.75) is 38.4 Å². The fourth-order valence-corrected chi connectivity index (χ4v) is 1.83. The van der Waals surface area contributed by atoms with E-state index in [1.807, 2.05) is 6.92 Å². The maximum Gasteiger partial charge on any atom is 0.254 e. The molecule has 82 valence electrons. The van der Waals surface area contributed by atoms with Crippen LogP contribution in [0.4, 0.5) is 0 Å². The fraction of sp³-hybridized carbons (Fsp3) is 0.900. The Kier molecular flexibility index (Phi) is 3.50. The van der Waals surface area contributed by atoms with Gasteiger partial charge < -0.3 is 14.7 Å². The van der Waals surface area contributed by atoms with Crippen LogP contribution in [0.5, 0.6) is 0 Å². The molecule has 1 aliphatic rings. The second-order valence-corrected chi connectivity index (χ2v) is 4.22. The van der Waals surface area contributed by atoms with Gasteiger partial charge in [-0.25, -0.2) is 0 Å². The molecule has 1 fully saturated rings. The van der Waals surface area contributed by atoms with Gasteiger partial charge in [0, 0.05) is 20.2 Å². The van der Waals surface area contributed by atoms with Crippen molar-refractivity contribution >= 4 is 5.91 Å². The highest BCUT2D eigenvalue weighted by atomic mass is 16.5. The van der Waals surface area contributed by atoms with E-state index in [0.717, 1.165) is 12.8 Å². The van der Waals surface area contributed by atoms with Crippen LogP contribution in [0, 0.1) is 0 Å². The Morgan fingerprint density at radius 2 is 2.36 bits per heavy atom. The van der Waals surface area contributed by atoms with Crippen molar-refractivity contribution in [3.8, 4) is 0 Å². The number of nitrogens with zero attached hydrogens (tertiary/aromatic N) is 1. The van der Waals surface area contributed by atoms with Crippen LogP contribution in [0.3, 0.4) is 0 Å². The van der Waals surface area contributed by atoms with Gasteiger partial charge in [0.15, 0.2) is 0 Å². The number of rotatable bonds is 3. The predicted molar refractivity (Wildman–Crippen MR) is 52.9 cm³/mol. The van der Waals surface area contributed by atoms with Crippen molar-refractivity contribution in [3.05, 3.63) is 0 Å². The highest BCUT2D eigenvalue weighted by molar-refractivity contribution is 5.84. The molecule has 0 aromatic rings. The van der Waals surface area contributed by atoms with Gasteiger partial charge in [-0.1, -0.05) is 0 Å². The topological polar surface area (TPSA) is 49.8 Å². The molecule has 1 rings (SSSR count). The fourth-order valence-electron chi connectivity index (χ4n) is 1.83. The average Bonchev–Trinajstić information content (AvgIpc) is 2.51. The molecule has 0 spiro atoms. The molecule has 14 heavy (non-hydrogen) atoms. The molecular weight excluding hydrogens is 182 g/mol. The van der Waals surface area contributed by atoms with Crippen molar-refractivity contribution in [2.24, 2.45) is 0 Å². The molecule has 0 aromatic heterocycles. The molecule has 1 heterocycles. The van der Waals surface area contributed by atoms with Gasteiger partial charge >= 0.3 is 0 Å². The highest BCUT2D eigenvalue weighted by Gasteiger charge is 2.39. The molecule has 2 atom stereocenters. The summed E-state index contributed by atoms with van der Waals surface area (Å²) in [6, 6.07) is 0. The third-order valence-electron chi connectivity index (χ3n) is 2.56. The molecule has 0 aromatic carbocycles. The Bertz CT molecular complexity index is 209. The Morgan fingerprint density at radius 3 is 2.79 bits per heavy atom. The molecule has 4 nitrogen and oxygen atoms in total. The summed E-state index contributed by atoms with van der Waals surface area (Å²) >= 11 is 0. The van der Waals surface area contributed by atoms with E-state index in [-0.39, 0.29) is 5.91 Å². The van der Waals surface area contributed by atoms with Gasteiger partial charge in [-0.05, 0) is 26.7 Å². The van der Waals surface area contributed by atoms with Crippen LogP contribution in [0.25, 0.3) is 0 Å². The summed E-state index contributed by atoms with van der Waals surface area (Å²) in [5, 5.41) is 9.16. The zero-order valence-corrected chi connectivity index (χ0v) is 9.12. The molecular formula is C10H19NO3. The van der Waals surface area contributed by atoms with Gasteiger partial charge in [-0.15, -0.1) is 0 Å². The van der Waals surface area contributed by atoms with Crippen molar-refractivity contribution in [1.82, 2.24) is 4.90 Å². The maximum absolute atomic E-state index is 11.9. The number of likely N-dealkylation sites (N-methyl/N-ethyl adjacent to an activating group) is 1. The standard InChI is InChI=1S/C10H19NO3/c1-8(12)7-11(3)9(13)10(2)5-4-6-14-10/h8,12H,4-7H2,1-3H3. The highest BCUT2D eigenvalue weighted by Crippen LogP contribution is 2.26. The van der Waals surface area contributed by atoms with Crippen LogP contribution in [-0.4, -0.2) is 47.8 Å². The zero-order chi connectivity index (χ0) is 10.8. The predicted octanol–water partition coefficient (Wildman–Crippen LogP) is 0.395. The lowest BCUT2D eigenvalue weighted by atomic mass is 10.0. The number of amides is 1. The van der Waals surface area contributed by atoms with E-state index in [1.165, 1.54) is 4.90 Å². The monoisotopic (exact) mass is 201 g/mol. The number of carbonyl (C=O) groups is 1. The van der Waals surface area contributed by atoms with Crippen LogP contribution >= 0.6 is 0 Å². The first-order valence-electron chi connectivity index (χ1n) is 5.03. The van der Waals surface area contributed by atoms with Gasteiger partial charge in [0.2, 0.25) is 0 Å². The number of ether oxygens (including phenoxy) is 1. The minimum Gasteiger partial charge on any atom is -0.392 e. The van der Waals surface area contributed by atoms with Crippen molar-refractivity contribution in [3.63, 3.8) is 0 Å². The summed E-state index contributed by atoms with van der Waals surface area (Å²) in [4.78, 5) is 13.4. The molecule has 0 aliphatic carbocycles. The van der Waals surface area contributed by atoms with Gasteiger partial charge in [0.1, 0.15) is 5.60 Å². The molecule has 4 heteroatoms. The first-order valence-corrected chi connectivity index (χ1v) is 5.03. The minimum atomic E-state index is -0.663. The number of hydrogen-bond acceptors (Lipinski definition) is 3. The Hall–Kier alpha value is -0.610. The summed E-state index contributed by atoms with van der Waals surface area (Å²) in [6.45, 7) is 4.50. The molecule has 1 amide bonds. The number of hydrogen-bond donors (Lipinski definition) is 1. The molecule has 0 bridgehead atoms. The van der Waals surface area contributed by atoms with E-state index < -0.39 is 11.7 Å². The number of carbonyl (C=O) groups excluding carboxylic acids is 1. The van der Waals surface area contributed by atoms with Crippen LogP contribution in [-0.2, 0) is 9.53 Å². The maximum atomic E-state index is 11.9. The van der Waals surface area contributed by atoms with Crippen molar-refractivity contribution in [2.75, 3.05) is 20.2 Å². The average molecular weight is 201 g/mol. The van der Waals surface area contributed by atoms with Gasteiger partial charge in [-0.2, -0.15) is 0 Å². The smallest absolute Gasteiger partial charge is 0.254 e. The van der Waals surface area contributed by atoms with Gasteiger partial charge in [-0.3, -0.25) is 4.79 Å². The molecule has 0 saturated carbocycles. The first kappa shape index (κ1) is 11.5. The molecule has 2 unspecified atom stereocenters. The Balaban J connectivity index is 2.55. The zero-order valence-electron chi connectivity index (χ0n) is 9.12. The van der Waals surface area contributed by atoms with E-state index in [9.17, 15) is 4.79 Å². The first-order chi connectivity index (χ1) is 6.46. The van der Waals surface area contributed by atoms with E-state index >= 15 is 0 Å². The SMILES string of the molecule is CC(O)CN(C)C(=O)C1(C)CCCO1.